The minimum atomic E-state index is -3.14. The average Bonchev–Trinajstić information content (AvgIpc) is 3.01. The maximum Gasteiger partial charge on any atom is 0.271 e. The van der Waals surface area contributed by atoms with Crippen LogP contribution < -0.4 is 5.32 Å². The Bertz CT molecular complexity index is 870. The van der Waals surface area contributed by atoms with Gasteiger partial charge in [-0.15, -0.1) is 0 Å². The first kappa shape index (κ1) is 19.5. The van der Waals surface area contributed by atoms with Crippen molar-refractivity contribution in [3.05, 3.63) is 29.3 Å². The Kier molecular flexibility index (Phi) is 5.64. The van der Waals surface area contributed by atoms with E-state index < -0.39 is 15.9 Å². The Labute approximate surface area is 159 Å². The molecule has 2 aliphatic heterocycles. The Morgan fingerprint density at radius 3 is 2.44 bits per heavy atom. The highest BCUT2D eigenvalue weighted by Crippen LogP contribution is 2.25. The van der Waals surface area contributed by atoms with Gasteiger partial charge in [-0.3, -0.25) is 9.59 Å². The third-order valence-corrected chi connectivity index (χ3v) is 6.86. The second kappa shape index (κ2) is 7.80. The molecule has 0 radical (unpaired) electrons. The molecule has 1 fully saturated rings. The number of benzene rings is 1. The summed E-state index contributed by atoms with van der Waals surface area (Å²) in [5.41, 5.74) is 3.18. The molecule has 27 heavy (non-hydrogen) atoms. The molecule has 1 saturated heterocycles. The molecule has 1 aromatic carbocycles. The summed E-state index contributed by atoms with van der Waals surface area (Å²) in [5.74, 6) is -0.585. The summed E-state index contributed by atoms with van der Waals surface area (Å²) in [5, 5.41) is 8.43. The number of amides is 2. The topological polar surface area (TPSA) is 95.9 Å². The molecule has 1 N–H and O–H groups in total. The number of carbonyl (C=O) groups excluding carboxylic acids is 2. The highest BCUT2D eigenvalue weighted by Gasteiger charge is 2.37. The molecule has 2 heterocycles. The summed E-state index contributed by atoms with van der Waals surface area (Å²) < 4.78 is 23.4. The second-order valence-corrected chi connectivity index (χ2v) is 9.18. The van der Waals surface area contributed by atoms with Gasteiger partial charge in [-0.1, -0.05) is 32.0 Å². The van der Waals surface area contributed by atoms with Crippen LogP contribution in [0.4, 0.5) is 5.69 Å². The monoisotopic (exact) mass is 391 g/mol. The first-order valence-electron chi connectivity index (χ1n) is 9.36. The van der Waals surface area contributed by atoms with Crippen molar-refractivity contribution in [1.82, 2.24) is 5.01 Å². The van der Waals surface area contributed by atoms with E-state index in [0.29, 0.717) is 6.42 Å². The minimum Gasteiger partial charge on any atom is -0.320 e. The summed E-state index contributed by atoms with van der Waals surface area (Å²) in [4.78, 5) is 25.0. The lowest BCUT2D eigenvalue weighted by Gasteiger charge is -2.27. The van der Waals surface area contributed by atoms with Crippen LogP contribution >= 0.6 is 0 Å². The van der Waals surface area contributed by atoms with E-state index >= 15 is 0 Å². The summed E-state index contributed by atoms with van der Waals surface area (Å²) in [7, 11) is -3.14. The Hall–Kier alpha value is -2.22. The van der Waals surface area contributed by atoms with Gasteiger partial charge in [-0.2, -0.15) is 5.10 Å². The van der Waals surface area contributed by atoms with Crippen LogP contribution in [0.3, 0.4) is 0 Å². The lowest BCUT2D eigenvalue weighted by atomic mass is 10.0. The van der Waals surface area contributed by atoms with Gasteiger partial charge in [0.25, 0.3) is 5.91 Å². The lowest BCUT2D eigenvalue weighted by molar-refractivity contribution is -0.133. The van der Waals surface area contributed by atoms with E-state index in [9.17, 15) is 18.0 Å². The Morgan fingerprint density at radius 1 is 1.22 bits per heavy atom. The number of carbonyl (C=O) groups is 2. The molecule has 7 nitrogen and oxygen atoms in total. The van der Waals surface area contributed by atoms with Gasteiger partial charge >= 0.3 is 0 Å². The quantitative estimate of drug-likeness (QED) is 0.829. The Balaban J connectivity index is 1.83. The number of hydrogen-bond acceptors (Lipinski definition) is 5. The summed E-state index contributed by atoms with van der Waals surface area (Å²) >= 11 is 0. The number of aryl methyl sites for hydroxylation is 2. The third kappa shape index (κ3) is 4.21. The van der Waals surface area contributed by atoms with Crippen molar-refractivity contribution in [3.63, 3.8) is 0 Å². The van der Waals surface area contributed by atoms with Crippen molar-refractivity contribution < 1.29 is 18.0 Å². The van der Waals surface area contributed by atoms with E-state index in [1.807, 2.05) is 32.0 Å². The number of hydrogen-bond donors (Lipinski definition) is 1. The molecule has 1 aromatic rings. The van der Waals surface area contributed by atoms with Gasteiger partial charge in [-0.05, 0) is 30.4 Å². The molecule has 0 spiro atoms. The van der Waals surface area contributed by atoms with Crippen molar-refractivity contribution in [1.29, 1.82) is 0 Å². The van der Waals surface area contributed by atoms with Crippen molar-refractivity contribution in [2.75, 3.05) is 16.8 Å². The fourth-order valence-corrected chi connectivity index (χ4v) is 5.27. The molecule has 2 amide bonds. The van der Waals surface area contributed by atoms with Crippen LogP contribution in [-0.4, -0.2) is 48.5 Å². The smallest absolute Gasteiger partial charge is 0.271 e. The van der Waals surface area contributed by atoms with Crippen LogP contribution in [0.5, 0.6) is 0 Å². The Morgan fingerprint density at radius 2 is 1.89 bits per heavy atom. The highest BCUT2D eigenvalue weighted by atomic mass is 32.2. The number of rotatable bonds is 5. The highest BCUT2D eigenvalue weighted by molar-refractivity contribution is 7.91. The van der Waals surface area contributed by atoms with Gasteiger partial charge < -0.3 is 5.32 Å². The second-order valence-electron chi connectivity index (χ2n) is 6.95. The number of nitrogens with zero attached hydrogens (tertiary/aromatic N) is 2. The van der Waals surface area contributed by atoms with Crippen molar-refractivity contribution in [2.24, 2.45) is 5.10 Å². The van der Waals surface area contributed by atoms with Crippen molar-refractivity contribution in [2.45, 2.75) is 52.0 Å². The van der Waals surface area contributed by atoms with Gasteiger partial charge in [0.1, 0.15) is 5.71 Å². The van der Waals surface area contributed by atoms with Crippen LogP contribution in [0, 0.1) is 0 Å². The molecule has 3 rings (SSSR count). The summed E-state index contributed by atoms with van der Waals surface area (Å²) in [6.07, 6.45) is 2.38. The van der Waals surface area contributed by atoms with Crippen LogP contribution in [0.1, 0.15) is 44.2 Å². The summed E-state index contributed by atoms with van der Waals surface area (Å²) in [6.45, 7) is 4.06. The van der Waals surface area contributed by atoms with Crippen molar-refractivity contribution >= 4 is 33.1 Å². The van der Waals surface area contributed by atoms with Gasteiger partial charge in [0.05, 0.1) is 17.5 Å². The molecule has 0 unspecified atom stereocenters. The van der Waals surface area contributed by atoms with Crippen LogP contribution in [-0.2, 0) is 32.3 Å². The van der Waals surface area contributed by atoms with E-state index in [2.05, 4.69) is 10.4 Å². The molecule has 0 saturated carbocycles. The molecular weight excluding hydrogens is 366 g/mol. The van der Waals surface area contributed by atoms with E-state index in [0.717, 1.165) is 29.7 Å². The molecule has 0 aliphatic carbocycles. The van der Waals surface area contributed by atoms with E-state index in [1.165, 1.54) is 5.01 Å². The fourth-order valence-electron chi connectivity index (χ4n) is 3.58. The van der Waals surface area contributed by atoms with Crippen LogP contribution in [0.2, 0.25) is 0 Å². The van der Waals surface area contributed by atoms with Crippen LogP contribution in [0.15, 0.2) is 23.3 Å². The first-order valence-corrected chi connectivity index (χ1v) is 11.2. The normalized spacial score (nSPS) is 21.9. The minimum absolute atomic E-state index is 0.0578. The summed E-state index contributed by atoms with van der Waals surface area (Å²) in [6, 6.07) is 5.47. The number of nitrogens with one attached hydrogen (secondary N) is 1. The average molecular weight is 391 g/mol. The molecular formula is C19H25N3O4S. The molecule has 0 bridgehead atoms. The fraction of sp³-hybridized carbons (Fsp3) is 0.526. The van der Waals surface area contributed by atoms with E-state index in [1.54, 1.807) is 0 Å². The SMILES string of the molecule is CCc1cccc(CC)c1NC(=O)C1=NN([C@H]2CCS(=O)(=O)C2)C(=O)CC1. The number of hydrazone groups is 1. The van der Waals surface area contributed by atoms with Gasteiger partial charge in [-0.25, -0.2) is 13.4 Å². The van der Waals surface area contributed by atoms with E-state index in [-0.39, 0.29) is 41.9 Å². The number of sulfone groups is 1. The zero-order valence-electron chi connectivity index (χ0n) is 15.7. The molecule has 8 heteroatoms. The lowest BCUT2D eigenvalue weighted by Crippen LogP contribution is -2.42. The predicted octanol–water partition coefficient (Wildman–Crippen LogP) is 1.92. The van der Waals surface area contributed by atoms with Gasteiger partial charge in [0.15, 0.2) is 9.84 Å². The maximum atomic E-state index is 12.8. The molecule has 2 aliphatic rings. The standard InChI is InChI=1S/C19H25N3O4S/c1-3-13-6-5-7-14(4-2)18(13)20-19(24)16-8-9-17(23)22(21-16)15-10-11-27(25,26)12-15/h5-7,15H,3-4,8-12H2,1-2H3,(H,20,24)/t15-/m0/s1. The largest absolute Gasteiger partial charge is 0.320 e. The van der Waals surface area contributed by atoms with Crippen molar-refractivity contribution in [3.8, 4) is 0 Å². The molecule has 0 aromatic heterocycles. The predicted molar refractivity (Wildman–Crippen MR) is 104 cm³/mol. The molecule has 1 atom stereocenters. The van der Waals surface area contributed by atoms with Gasteiger partial charge in [0, 0.05) is 18.5 Å². The first-order chi connectivity index (χ1) is 12.8. The third-order valence-electron chi connectivity index (χ3n) is 5.11. The van der Waals surface area contributed by atoms with Gasteiger partial charge in [0.2, 0.25) is 5.91 Å². The number of para-hydroxylation sites is 1. The zero-order valence-corrected chi connectivity index (χ0v) is 16.5. The van der Waals surface area contributed by atoms with Crippen LogP contribution in [0.25, 0.3) is 0 Å². The molecule has 146 valence electrons. The van der Waals surface area contributed by atoms with E-state index in [4.69, 9.17) is 0 Å². The maximum absolute atomic E-state index is 12.8. The zero-order chi connectivity index (χ0) is 19.6. The number of anilines is 1.